The largest absolute Gasteiger partial charge is 0.446 e. The number of fused-ring (bicyclic) bond motifs is 3. The van der Waals surface area contributed by atoms with Gasteiger partial charge in [-0.3, -0.25) is 4.79 Å². The first kappa shape index (κ1) is 23.3. The van der Waals surface area contributed by atoms with Crippen LogP contribution in [0.4, 0.5) is 4.79 Å². The third-order valence-corrected chi connectivity index (χ3v) is 9.61. The molecule has 1 saturated heterocycles. The molecule has 34 heavy (non-hydrogen) atoms. The van der Waals surface area contributed by atoms with Crippen molar-refractivity contribution in [1.29, 1.82) is 0 Å². The molecule has 1 aliphatic heterocycles. The highest BCUT2D eigenvalue weighted by Gasteiger charge is 2.63. The van der Waals surface area contributed by atoms with Gasteiger partial charge in [-0.05, 0) is 68.4 Å². The van der Waals surface area contributed by atoms with E-state index in [2.05, 4.69) is 38.0 Å². The highest BCUT2D eigenvalue weighted by molar-refractivity contribution is 5.91. The summed E-state index contributed by atoms with van der Waals surface area (Å²) in [6.45, 7) is 14.1. The molecule has 2 amide bonds. The first-order chi connectivity index (χ1) is 16.0. The molecular formula is C28H38N3O3. The number of para-hydroxylation sites is 1. The Labute approximate surface area is 202 Å². The van der Waals surface area contributed by atoms with Gasteiger partial charge in [-0.1, -0.05) is 39.0 Å². The molecule has 2 saturated carbocycles. The second-order valence-corrected chi connectivity index (χ2v) is 11.9. The van der Waals surface area contributed by atoms with Crippen molar-refractivity contribution in [3.8, 4) is 0 Å². The normalized spacial score (nSPS) is 31.6. The smallest absolute Gasteiger partial charge is 0.408 e. The quantitative estimate of drug-likeness (QED) is 0.647. The van der Waals surface area contributed by atoms with Crippen LogP contribution in [0.5, 0.6) is 0 Å². The summed E-state index contributed by atoms with van der Waals surface area (Å²) in [6, 6.07) is 8.04. The monoisotopic (exact) mass is 464 g/mol. The second-order valence-electron chi connectivity index (χ2n) is 11.9. The van der Waals surface area contributed by atoms with Gasteiger partial charge in [0.2, 0.25) is 5.91 Å². The van der Waals surface area contributed by atoms with E-state index < -0.39 is 11.6 Å². The maximum atomic E-state index is 13.8. The maximum absolute atomic E-state index is 13.8. The molecule has 1 radical (unpaired) electrons. The number of nitrogens with one attached hydrogen (secondary N) is 2. The molecule has 2 heterocycles. The van der Waals surface area contributed by atoms with Crippen LogP contribution < -0.4 is 5.32 Å². The Kier molecular flexibility index (Phi) is 5.49. The standard InChI is InChI=1S/C28H38N3O3/c1-18-11-13-31(17-18)24(32)28(5,15-19-16-29-22-9-7-6-8-21(19)22)30-25(33)34-23-14-20-10-12-27(23,4)26(20,2)3/h6-9,16,18,20,23,29H,1,10-15,17H2,2-5H3,(H,30,33)/t18?,20-,23-,27-,28+/m1/s1. The number of ether oxygens (including phenoxy) is 1. The zero-order chi connectivity index (χ0) is 24.3. The minimum atomic E-state index is -1.11. The van der Waals surface area contributed by atoms with Crippen molar-refractivity contribution in [2.24, 2.45) is 22.7 Å². The minimum Gasteiger partial charge on any atom is -0.446 e. The van der Waals surface area contributed by atoms with E-state index in [1.165, 1.54) is 6.42 Å². The van der Waals surface area contributed by atoms with Crippen LogP contribution in [0.3, 0.4) is 0 Å². The number of carbonyl (C=O) groups is 2. The van der Waals surface area contributed by atoms with Crippen LogP contribution in [0.15, 0.2) is 30.5 Å². The average Bonchev–Trinajstić information content (AvgIpc) is 3.49. The number of hydrogen-bond acceptors (Lipinski definition) is 3. The van der Waals surface area contributed by atoms with Crippen molar-refractivity contribution in [1.82, 2.24) is 15.2 Å². The van der Waals surface area contributed by atoms with Gasteiger partial charge in [-0.25, -0.2) is 4.79 Å². The number of carbonyl (C=O) groups excluding carboxylic acids is 2. The molecule has 0 spiro atoms. The first-order valence-electron chi connectivity index (χ1n) is 12.7. The highest BCUT2D eigenvalue weighted by Crippen LogP contribution is 2.66. The number of amides is 2. The zero-order valence-corrected chi connectivity index (χ0v) is 20.9. The number of benzene rings is 1. The van der Waals surface area contributed by atoms with Crippen LogP contribution in [-0.2, 0) is 16.0 Å². The number of likely N-dealkylation sites (tertiary alicyclic amines) is 1. The molecule has 6 heteroatoms. The van der Waals surface area contributed by atoms with Crippen LogP contribution >= 0.6 is 0 Å². The van der Waals surface area contributed by atoms with E-state index in [0.717, 1.165) is 35.7 Å². The molecule has 1 aromatic carbocycles. The van der Waals surface area contributed by atoms with Crippen LogP contribution in [0.1, 0.15) is 58.9 Å². The summed E-state index contributed by atoms with van der Waals surface area (Å²) in [5.41, 5.74) is 1.04. The van der Waals surface area contributed by atoms with E-state index >= 15 is 0 Å². The summed E-state index contributed by atoms with van der Waals surface area (Å²) >= 11 is 0. The molecule has 6 nitrogen and oxygen atoms in total. The molecule has 183 valence electrons. The predicted molar refractivity (Wildman–Crippen MR) is 133 cm³/mol. The maximum Gasteiger partial charge on any atom is 0.408 e. The molecule has 3 fully saturated rings. The summed E-state index contributed by atoms with van der Waals surface area (Å²) in [5, 5.41) is 4.10. The van der Waals surface area contributed by atoms with Gasteiger partial charge in [-0.15, -0.1) is 0 Å². The van der Waals surface area contributed by atoms with E-state index in [-0.39, 0.29) is 28.8 Å². The van der Waals surface area contributed by atoms with Gasteiger partial charge in [-0.2, -0.15) is 0 Å². The lowest BCUT2D eigenvalue weighted by Gasteiger charge is -2.39. The third kappa shape index (κ3) is 3.61. The van der Waals surface area contributed by atoms with Crippen molar-refractivity contribution >= 4 is 22.9 Å². The number of hydrogen-bond donors (Lipinski definition) is 2. The van der Waals surface area contributed by atoms with Crippen LogP contribution in [-0.4, -0.2) is 46.6 Å². The Morgan fingerprint density at radius 2 is 2.03 bits per heavy atom. The van der Waals surface area contributed by atoms with Crippen molar-refractivity contribution < 1.29 is 14.3 Å². The fraction of sp³-hybridized carbons (Fsp3) is 0.607. The van der Waals surface area contributed by atoms with Crippen LogP contribution in [0.25, 0.3) is 10.9 Å². The van der Waals surface area contributed by atoms with Crippen LogP contribution in [0.2, 0.25) is 0 Å². The Bertz CT molecular complexity index is 1110. The van der Waals surface area contributed by atoms with Crippen molar-refractivity contribution in [2.75, 3.05) is 13.1 Å². The van der Waals surface area contributed by atoms with Gasteiger partial charge < -0.3 is 19.9 Å². The number of nitrogens with zero attached hydrogens (tertiary/aromatic N) is 1. The zero-order valence-electron chi connectivity index (χ0n) is 20.9. The fourth-order valence-corrected chi connectivity index (χ4v) is 6.89. The molecular weight excluding hydrogens is 426 g/mol. The Morgan fingerprint density at radius 3 is 2.68 bits per heavy atom. The van der Waals surface area contributed by atoms with Gasteiger partial charge >= 0.3 is 6.09 Å². The summed E-state index contributed by atoms with van der Waals surface area (Å²) in [6.07, 6.45) is 5.78. The molecule has 3 aliphatic rings. The number of H-pyrrole nitrogens is 1. The third-order valence-electron chi connectivity index (χ3n) is 9.61. The van der Waals surface area contributed by atoms with Crippen molar-refractivity contribution in [2.45, 2.75) is 71.4 Å². The Morgan fingerprint density at radius 1 is 1.26 bits per heavy atom. The molecule has 2 bridgehead atoms. The van der Waals surface area contributed by atoms with Gasteiger partial charge in [0.25, 0.3) is 0 Å². The summed E-state index contributed by atoms with van der Waals surface area (Å²) in [4.78, 5) is 32.2. The van der Waals surface area contributed by atoms with Gasteiger partial charge in [0.05, 0.1) is 0 Å². The SMILES string of the molecule is [CH2]C1CCN(C(=O)[C@](C)(Cc2c[nH]c3ccccc23)NC(=O)O[C@@H]2C[C@H]3CC[C@@]2(C)C3(C)C)C1. The summed E-state index contributed by atoms with van der Waals surface area (Å²) in [5.74, 6) is 0.734. The van der Waals surface area contributed by atoms with Crippen molar-refractivity contribution in [3.63, 3.8) is 0 Å². The highest BCUT2D eigenvalue weighted by atomic mass is 16.6. The lowest BCUT2D eigenvalue weighted by molar-refractivity contribution is -0.136. The van der Waals surface area contributed by atoms with Gasteiger partial charge in [0.15, 0.2) is 0 Å². The molecule has 2 N–H and O–H groups in total. The van der Waals surface area contributed by atoms with E-state index in [9.17, 15) is 9.59 Å². The fourth-order valence-electron chi connectivity index (χ4n) is 6.89. The summed E-state index contributed by atoms with van der Waals surface area (Å²) < 4.78 is 6.08. The molecule has 5 rings (SSSR count). The number of rotatable bonds is 5. The lowest BCUT2D eigenvalue weighted by Crippen LogP contribution is -2.59. The van der Waals surface area contributed by atoms with Gasteiger partial charge in [0, 0.05) is 42.0 Å². The predicted octanol–water partition coefficient (Wildman–Crippen LogP) is 5.09. The second kappa shape index (κ2) is 8.03. The van der Waals surface area contributed by atoms with E-state index in [1.807, 2.05) is 42.3 Å². The van der Waals surface area contributed by atoms with Crippen molar-refractivity contribution in [3.05, 3.63) is 42.9 Å². The molecule has 2 aromatic rings. The molecule has 5 atom stereocenters. The number of aromatic nitrogens is 1. The van der Waals surface area contributed by atoms with Gasteiger partial charge in [0.1, 0.15) is 11.6 Å². The van der Waals surface area contributed by atoms with Crippen LogP contribution in [0, 0.1) is 29.6 Å². The van der Waals surface area contributed by atoms with E-state index in [0.29, 0.717) is 25.4 Å². The molecule has 1 aromatic heterocycles. The Balaban J connectivity index is 1.38. The average molecular weight is 465 g/mol. The minimum absolute atomic E-state index is 0.0255. The van der Waals surface area contributed by atoms with E-state index in [1.54, 1.807) is 0 Å². The molecule has 2 aliphatic carbocycles. The Hall–Kier alpha value is -2.50. The van der Waals surface area contributed by atoms with E-state index in [4.69, 9.17) is 4.74 Å². The lowest BCUT2D eigenvalue weighted by atomic mass is 9.70. The molecule has 1 unspecified atom stereocenters. The summed E-state index contributed by atoms with van der Waals surface area (Å²) in [7, 11) is 0. The number of alkyl carbamates (subject to hydrolysis) is 1. The topological polar surface area (TPSA) is 74.4 Å². The number of aromatic amines is 1. The first-order valence-corrected chi connectivity index (χ1v) is 12.7.